The van der Waals surface area contributed by atoms with Crippen molar-refractivity contribution in [1.29, 1.82) is 5.26 Å². The van der Waals surface area contributed by atoms with E-state index in [1.54, 1.807) is 12.1 Å². The lowest BCUT2D eigenvalue weighted by Gasteiger charge is -2.09. The molecule has 0 aliphatic carbocycles. The van der Waals surface area contributed by atoms with Crippen molar-refractivity contribution >= 4 is 5.69 Å². The lowest BCUT2D eigenvalue weighted by atomic mass is 10.1. The summed E-state index contributed by atoms with van der Waals surface area (Å²) >= 11 is 0. The summed E-state index contributed by atoms with van der Waals surface area (Å²) in [6.07, 6.45) is 0.299. The van der Waals surface area contributed by atoms with Gasteiger partial charge in [0.15, 0.2) is 0 Å². The minimum Gasteiger partial charge on any atom is -0.384 e. The number of rotatable bonds is 4. The maximum Gasteiger partial charge on any atom is 0.143 e. The van der Waals surface area contributed by atoms with Crippen LogP contribution in [0, 0.1) is 28.8 Å². The molecule has 1 N–H and O–H groups in total. The molecule has 0 saturated carbocycles. The van der Waals surface area contributed by atoms with Gasteiger partial charge in [-0.2, -0.15) is 5.26 Å². The maximum atomic E-state index is 13.4. The predicted molar refractivity (Wildman–Crippen MR) is 69.7 cm³/mol. The van der Waals surface area contributed by atoms with Crippen LogP contribution in [0.2, 0.25) is 0 Å². The molecule has 0 heterocycles. The zero-order valence-corrected chi connectivity index (χ0v) is 10.5. The third kappa shape index (κ3) is 3.09. The Balaban J connectivity index is 2.03. The molecule has 5 heteroatoms. The SMILES string of the molecule is N#Cc1c(F)cccc1NCCc1ccc(F)cc1F. The second-order valence-electron chi connectivity index (χ2n) is 4.19. The summed E-state index contributed by atoms with van der Waals surface area (Å²) in [5.41, 5.74) is 0.635. The molecule has 0 aromatic heterocycles. The van der Waals surface area contributed by atoms with Crippen LogP contribution in [0.4, 0.5) is 18.9 Å². The number of hydrogen-bond donors (Lipinski definition) is 1. The highest BCUT2D eigenvalue weighted by molar-refractivity contribution is 5.57. The quantitative estimate of drug-likeness (QED) is 0.925. The average molecular weight is 276 g/mol. The van der Waals surface area contributed by atoms with Crippen molar-refractivity contribution in [3.8, 4) is 6.07 Å². The Morgan fingerprint density at radius 1 is 1.05 bits per heavy atom. The summed E-state index contributed by atoms with van der Waals surface area (Å²) in [5.74, 6) is -1.85. The van der Waals surface area contributed by atoms with Crippen molar-refractivity contribution in [2.24, 2.45) is 0 Å². The van der Waals surface area contributed by atoms with Crippen molar-refractivity contribution in [1.82, 2.24) is 0 Å². The lowest BCUT2D eigenvalue weighted by Crippen LogP contribution is -2.08. The van der Waals surface area contributed by atoms with Crippen molar-refractivity contribution in [2.45, 2.75) is 6.42 Å². The lowest BCUT2D eigenvalue weighted by molar-refractivity contribution is 0.572. The summed E-state index contributed by atoms with van der Waals surface area (Å²) in [6.45, 7) is 0.306. The van der Waals surface area contributed by atoms with Crippen LogP contribution in [-0.4, -0.2) is 6.54 Å². The van der Waals surface area contributed by atoms with Gasteiger partial charge >= 0.3 is 0 Å². The predicted octanol–water partition coefficient (Wildman–Crippen LogP) is 3.63. The molecule has 0 spiro atoms. The minimum absolute atomic E-state index is 0.0768. The number of halogens is 3. The fourth-order valence-corrected chi connectivity index (χ4v) is 1.84. The molecule has 0 atom stereocenters. The van der Waals surface area contributed by atoms with Gasteiger partial charge in [-0.25, -0.2) is 13.2 Å². The van der Waals surface area contributed by atoms with Crippen LogP contribution in [0.15, 0.2) is 36.4 Å². The number of nitrogens with one attached hydrogen (secondary N) is 1. The molecule has 20 heavy (non-hydrogen) atoms. The van der Waals surface area contributed by atoms with E-state index in [1.807, 2.05) is 0 Å². The second-order valence-corrected chi connectivity index (χ2v) is 4.19. The zero-order valence-electron chi connectivity index (χ0n) is 10.5. The first-order valence-corrected chi connectivity index (χ1v) is 5.98. The van der Waals surface area contributed by atoms with E-state index in [0.29, 0.717) is 24.2 Å². The number of anilines is 1. The van der Waals surface area contributed by atoms with E-state index >= 15 is 0 Å². The highest BCUT2D eigenvalue weighted by atomic mass is 19.1. The van der Waals surface area contributed by atoms with Gasteiger partial charge in [0.2, 0.25) is 0 Å². The van der Waals surface area contributed by atoms with Crippen LogP contribution in [0.5, 0.6) is 0 Å². The molecule has 0 amide bonds. The van der Waals surface area contributed by atoms with Crippen LogP contribution in [0.25, 0.3) is 0 Å². The van der Waals surface area contributed by atoms with Crippen molar-refractivity contribution < 1.29 is 13.2 Å². The van der Waals surface area contributed by atoms with Crippen molar-refractivity contribution in [3.05, 3.63) is 65.0 Å². The molecular formula is C15H11F3N2. The topological polar surface area (TPSA) is 35.8 Å². The Labute approximate surface area is 114 Å². The van der Waals surface area contributed by atoms with E-state index in [1.165, 1.54) is 24.3 Å². The van der Waals surface area contributed by atoms with E-state index < -0.39 is 17.5 Å². The fraction of sp³-hybridized carbons (Fsp3) is 0.133. The van der Waals surface area contributed by atoms with Gasteiger partial charge < -0.3 is 5.32 Å². The second kappa shape index (κ2) is 6.11. The normalized spacial score (nSPS) is 10.1. The standard InChI is InChI=1S/C15H11F3N2/c16-11-5-4-10(14(18)8-11)6-7-20-15-3-1-2-13(17)12(15)9-19/h1-5,8,20H,6-7H2. The number of hydrogen-bond acceptors (Lipinski definition) is 2. The average Bonchev–Trinajstić information content (AvgIpc) is 2.41. The van der Waals surface area contributed by atoms with E-state index in [4.69, 9.17) is 5.26 Å². The number of nitrogens with zero attached hydrogens (tertiary/aromatic N) is 1. The third-order valence-electron chi connectivity index (χ3n) is 2.85. The Morgan fingerprint density at radius 2 is 1.85 bits per heavy atom. The molecule has 2 rings (SSSR count). The highest BCUT2D eigenvalue weighted by Crippen LogP contribution is 2.18. The first-order chi connectivity index (χ1) is 9.61. The largest absolute Gasteiger partial charge is 0.384 e. The van der Waals surface area contributed by atoms with Crippen LogP contribution in [0.1, 0.15) is 11.1 Å². The van der Waals surface area contributed by atoms with E-state index in [0.717, 1.165) is 6.07 Å². The molecule has 0 unspecified atom stereocenters. The molecule has 0 aliphatic rings. The minimum atomic E-state index is -0.629. The highest BCUT2D eigenvalue weighted by Gasteiger charge is 2.08. The molecule has 0 radical (unpaired) electrons. The van der Waals surface area contributed by atoms with Crippen molar-refractivity contribution in [3.63, 3.8) is 0 Å². The smallest absolute Gasteiger partial charge is 0.143 e. The fourth-order valence-electron chi connectivity index (χ4n) is 1.84. The molecule has 0 saturated heterocycles. The molecule has 0 bridgehead atoms. The van der Waals surface area contributed by atoms with Gasteiger partial charge in [-0.15, -0.1) is 0 Å². The zero-order chi connectivity index (χ0) is 14.5. The molecule has 0 fully saturated rings. The van der Waals surface area contributed by atoms with Gasteiger partial charge in [0.05, 0.1) is 5.69 Å². The van der Waals surface area contributed by atoms with Crippen molar-refractivity contribution in [2.75, 3.05) is 11.9 Å². The molecule has 2 aromatic rings. The van der Waals surface area contributed by atoms with Crippen LogP contribution < -0.4 is 5.32 Å². The number of nitriles is 1. The summed E-state index contributed by atoms with van der Waals surface area (Å²) < 4.78 is 39.5. The number of benzene rings is 2. The van der Waals surface area contributed by atoms with Crippen LogP contribution in [-0.2, 0) is 6.42 Å². The van der Waals surface area contributed by atoms with Gasteiger partial charge in [0.25, 0.3) is 0 Å². The van der Waals surface area contributed by atoms with Gasteiger partial charge in [-0.3, -0.25) is 0 Å². The first kappa shape index (κ1) is 13.9. The Kier molecular flexibility index (Phi) is 4.26. The maximum absolute atomic E-state index is 13.4. The van der Waals surface area contributed by atoms with Crippen LogP contribution >= 0.6 is 0 Å². The van der Waals surface area contributed by atoms with Gasteiger partial charge in [-0.1, -0.05) is 12.1 Å². The molecule has 2 nitrogen and oxygen atoms in total. The van der Waals surface area contributed by atoms with Gasteiger partial charge in [0, 0.05) is 12.6 Å². The van der Waals surface area contributed by atoms with E-state index in [2.05, 4.69) is 5.32 Å². The summed E-state index contributed by atoms with van der Waals surface area (Å²) in [5, 5.41) is 11.7. The summed E-state index contributed by atoms with van der Waals surface area (Å²) in [6, 6.07) is 9.39. The third-order valence-corrected chi connectivity index (χ3v) is 2.85. The van der Waals surface area contributed by atoms with Crippen LogP contribution in [0.3, 0.4) is 0 Å². The molecular weight excluding hydrogens is 265 g/mol. The Hall–Kier alpha value is -2.48. The van der Waals surface area contributed by atoms with E-state index in [9.17, 15) is 13.2 Å². The summed E-state index contributed by atoms with van der Waals surface area (Å²) in [7, 11) is 0. The van der Waals surface area contributed by atoms with Gasteiger partial charge in [-0.05, 0) is 30.2 Å². The molecule has 2 aromatic carbocycles. The van der Waals surface area contributed by atoms with Gasteiger partial charge in [0.1, 0.15) is 29.1 Å². The summed E-state index contributed by atoms with van der Waals surface area (Å²) in [4.78, 5) is 0. The molecule has 0 aliphatic heterocycles. The Morgan fingerprint density at radius 3 is 2.55 bits per heavy atom. The molecule has 102 valence electrons. The Bertz CT molecular complexity index is 663. The van der Waals surface area contributed by atoms with E-state index in [-0.39, 0.29) is 5.56 Å². The first-order valence-electron chi connectivity index (χ1n) is 5.98. The monoisotopic (exact) mass is 276 g/mol.